The van der Waals surface area contributed by atoms with Gasteiger partial charge in [-0.1, -0.05) is 301 Å². The molecule has 502 valence electrons. The second kappa shape index (κ2) is 67.3. The monoisotopic (exact) mass is 1240 g/mol. The van der Waals surface area contributed by atoms with E-state index in [1.54, 1.807) is 0 Å². The fraction of sp³-hybridized carbons (Fsp3) is 0.667. The number of unbranched alkanes of at least 4 members (excludes halogenated alkanes) is 26. The summed E-state index contributed by atoms with van der Waals surface area (Å²) in [4.78, 5) is 38.0. The maximum absolute atomic E-state index is 12.8. The van der Waals surface area contributed by atoms with E-state index in [1.165, 1.54) is 141 Å². The summed E-state index contributed by atoms with van der Waals surface area (Å²) in [5, 5.41) is 0. The van der Waals surface area contributed by atoms with E-state index in [0.29, 0.717) is 17.4 Å². The lowest BCUT2D eigenvalue weighted by Crippen LogP contribution is -2.37. The van der Waals surface area contributed by atoms with Crippen molar-refractivity contribution in [2.24, 2.45) is 0 Å². The minimum absolute atomic E-state index is 0.0455. The lowest BCUT2D eigenvalue weighted by Gasteiger charge is -2.28. The first kappa shape index (κ1) is 83.9. The zero-order valence-electron chi connectivity index (χ0n) is 57.1. The van der Waals surface area contributed by atoms with Gasteiger partial charge in [0, 0.05) is 12.8 Å². The van der Waals surface area contributed by atoms with Crippen molar-refractivity contribution in [2.75, 3.05) is 47.5 Å². The molecule has 0 amide bonds. The van der Waals surface area contributed by atoms with E-state index in [9.17, 15) is 19.0 Å². The molecule has 2 atom stereocenters. The van der Waals surface area contributed by atoms with Crippen LogP contribution in [0.15, 0.2) is 146 Å². The Morgan fingerprint density at radius 1 is 0.352 bits per heavy atom. The fourth-order valence-electron chi connectivity index (χ4n) is 9.49. The lowest BCUT2D eigenvalue weighted by atomic mass is 10.0. The molecule has 0 bridgehead atoms. The Balaban J connectivity index is 4.07. The third-order valence-corrected chi connectivity index (χ3v) is 15.8. The quantitative estimate of drug-likeness (QED) is 0.0195. The van der Waals surface area contributed by atoms with Crippen molar-refractivity contribution in [2.45, 2.75) is 290 Å². The largest absolute Gasteiger partial charge is 0.756 e. The van der Waals surface area contributed by atoms with Gasteiger partial charge in [0.2, 0.25) is 0 Å². The highest BCUT2D eigenvalue weighted by molar-refractivity contribution is 7.45. The van der Waals surface area contributed by atoms with E-state index in [4.69, 9.17) is 18.5 Å². The third kappa shape index (κ3) is 71.0. The van der Waals surface area contributed by atoms with Gasteiger partial charge in [0.15, 0.2) is 6.10 Å². The van der Waals surface area contributed by atoms with E-state index in [0.717, 1.165) is 109 Å². The molecule has 0 aliphatic carbocycles. The van der Waals surface area contributed by atoms with Gasteiger partial charge in [0.25, 0.3) is 7.82 Å². The summed E-state index contributed by atoms with van der Waals surface area (Å²) in [6.45, 7) is 3.97. The number of carbonyl (C=O) groups is 2. The van der Waals surface area contributed by atoms with Crippen LogP contribution in [0.3, 0.4) is 0 Å². The molecule has 0 heterocycles. The molecule has 0 aliphatic heterocycles. The Kier molecular flexibility index (Phi) is 64.1. The Morgan fingerprint density at radius 3 is 0.932 bits per heavy atom. The molecule has 0 aromatic carbocycles. The van der Waals surface area contributed by atoms with Gasteiger partial charge in [-0.3, -0.25) is 14.2 Å². The van der Waals surface area contributed by atoms with E-state index in [1.807, 2.05) is 21.1 Å². The van der Waals surface area contributed by atoms with Crippen molar-refractivity contribution < 1.29 is 42.1 Å². The number of carbonyl (C=O) groups excluding carboxylic acids is 2. The maximum atomic E-state index is 12.8. The van der Waals surface area contributed by atoms with Crippen molar-refractivity contribution >= 4 is 19.8 Å². The number of phosphoric ester groups is 1. The summed E-state index contributed by atoms with van der Waals surface area (Å²) in [7, 11) is 1.13. The average molecular weight is 1240 g/mol. The molecule has 0 rings (SSSR count). The number of hydrogen-bond donors (Lipinski definition) is 0. The fourth-order valence-corrected chi connectivity index (χ4v) is 10.2. The molecule has 0 saturated carbocycles. The number of allylic oxidation sites excluding steroid dienone is 24. The summed E-state index contributed by atoms with van der Waals surface area (Å²) in [6, 6.07) is 0. The first-order valence-corrected chi connectivity index (χ1v) is 37.0. The smallest absolute Gasteiger partial charge is 0.306 e. The number of quaternary nitrogens is 1. The van der Waals surface area contributed by atoms with Crippen molar-refractivity contribution in [3.05, 3.63) is 146 Å². The Bertz CT molecular complexity index is 2000. The van der Waals surface area contributed by atoms with Crippen LogP contribution in [0.2, 0.25) is 0 Å². The Morgan fingerprint density at radius 2 is 0.614 bits per heavy atom. The minimum Gasteiger partial charge on any atom is -0.756 e. The number of phosphoric acid groups is 1. The molecule has 2 unspecified atom stereocenters. The highest BCUT2D eigenvalue weighted by Crippen LogP contribution is 2.38. The Labute approximate surface area is 542 Å². The topological polar surface area (TPSA) is 111 Å². The highest BCUT2D eigenvalue weighted by atomic mass is 31.2. The van der Waals surface area contributed by atoms with Gasteiger partial charge in [0.1, 0.15) is 19.8 Å². The molecule has 0 saturated heterocycles. The third-order valence-electron chi connectivity index (χ3n) is 14.9. The van der Waals surface area contributed by atoms with E-state index >= 15 is 0 Å². The molecule has 0 fully saturated rings. The van der Waals surface area contributed by atoms with Crippen LogP contribution in [0.25, 0.3) is 0 Å². The number of ether oxygens (including phenoxy) is 2. The van der Waals surface area contributed by atoms with Gasteiger partial charge < -0.3 is 27.9 Å². The number of likely N-dealkylation sites (N-methyl/N-ethyl adjacent to an activating group) is 1. The number of nitrogens with zero attached hydrogens (tertiary/aromatic N) is 1. The molecule has 0 aromatic rings. The van der Waals surface area contributed by atoms with E-state index < -0.39 is 32.5 Å². The van der Waals surface area contributed by atoms with Crippen LogP contribution in [-0.2, 0) is 32.7 Å². The van der Waals surface area contributed by atoms with E-state index in [2.05, 4.69) is 160 Å². The SMILES string of the molecule is CC/C=C\C/C=C\C/C=C\C/C=C\C/C=C\C/C=C\C/C=C\C/C=C\CCCCC(=O)OC(COC(=O)CCCCCCCCCCCCCCCCCCCCCCCCCC/C=C\C/C=C\C/C=C\C/C=C\CC)COP(=O)([O-])OCC[N+](C)(C)C. The summed E-state index contributed by atoms with van der Waals surface area (Å²) in [5.74, 6) is -0.885. The second-order valence-electron chi connectivity index (χ2n) is 24.5. The van der Waals surface area contributed by atoms with E-state index in [-0.39, 0.29) is 26.1 Å². The van der Waals surface area contributed by atoms with Gasteiger partial charge in [-0.05, 0) is 116 Å². The van der Waals surface area contributed by atoms with Crippen LogP contribution < -0.4 is 4.89 Å². The van der Waals surface area contributed by atoms with Gasteiger partial charge in [-0.2, -0.15) is 0 Å². The van der Waals surface area contributed by atoms with Crippen molar-refractivity contribution in [3.8, 4) is 0 Å². The normalized spacial score (nSPS) is 14.0. The van der Waals surface area contributed by atoms with Crippen molar-refractivity contribution in [3.63, 3.8) is 0 Å². The first-order chi connectivity index (χ1) is 43.0. The van der Waals surface area contributed by atoms with Crippen molar-refractivity contribution in [1.82, 2.24) is 0 Å². The molecule has 0 N–H and O–H groups in total. The average Bonchev–Trinajstić information content (AvgIpc) is 3.60. The molecule has 0 aromatic heterocycles. The Hall–Kier alpha value is -4.11. The predicted molar refractivity (Wildman–Crippen MR) is 378 cm³/mol. The van der Waals surface area contributed by atoms with Crippen LogP contribution in [0.1, 0.15) is 284 Å². The van der Waals surface area contributed by atoms with Crippen LogP contribution >= 0.6 is 7.82 Å². The van der Waals surface area contributed by atoms with Gasteiger partial charge in [-0.15, -0.1) is 0 Å². The zero-order chi connectivity index (χ0) is 64.1. The number of esters is 2. The highest BCUT2D eigenvalue weighted by Gasteiger charge is 2.22. The first-order valence-electron chi connectivity index (χ1n) is 35.5. The zero-order valence-corrected chi connectivity index (χ0v) is 58.0. The standard InChI is InChI=1S/C78H132NO8P/c1-6-8-10-12-14-16-18-20-22-24-26-28-30-32-34-35-36-37-38-39-40-41-42-43-45-46-48-50-52-54-56-58-60-62-64-66-68-70-77(80)84-74-76(75-86-88(82,83)85-73-72-79(3,4)5)87-78(81)71-69-67-65-63-61-59-57-55-53-51-49-47-44-33-31-29-27-25-23-21-19-17-15-13-11-9-7-2/h8-11,14-17,20-23,26-29,33,44,49,51,55,57,61,63,76H,6-7,12-13,18-19,24-25,30-32,34-43,45-48,50,52-54,56,58-60,62,64-75H2,1-5H3/b10-8-,11-9-,16-14-,17-15-,22-20-,23-21-,28-26-,29-27-,44-33-,51-49-,57-55-,63-61-. The maximum Gasteiger partial charge on any atom is 0.306 e. The summed E-state index contributed by atoms with van der Waals surface area (Å²) in [5.41, 5.74) is 0. The molecule has 0 aliphatic rings. The molecular weight excluding hydrogens is 1110 g/mol. The van der Waals surface area contributed by atoms with Crippen LogP contribution in [0, 0.1) is 0 Å². The molecule has 10 heteroatoms. The van der Waals surface area contributed by atoms with Crippen LogP contribution in [-0.4, -0.2) is 70.0 Å². The van der Waals surface area contributed by atoms with Gasteiger partial charge in [-0.25, -0.2) is 0 Å². The van der Waals surface area contributed by atoms with Gasteiger partial charge >= 0.3 is 11.9 Å². The second-order valence-corrected chi connectivity index (χ2v) is 25.9. The summed E-state index contributed by atoms with van der Waals surface area (Å²) in [6.07, 6.45) is 99.5. The summed E-state index contributed by atoms with van der Waals surface area (Å²) >= 11 is 0. The molecule has 0 radical (unpaired) electrons. The number of hydrogen-bond acceptors (Lipinski definition) is 8. The predicted octanol–water partition coefficient (Wildman–Crippen LogP) is 22.7. The molecular formula is C78H132NO8P. The minimum atomic E-state index is -4.66. The molecule has 9 nitrogen and oxygen atoms in total. The summed E-state index contributed by atoms with van der Waals surface area (Å²) < 4.78 is 34.2. The molecule has 0 spiro atoms. The van der Waals surface area contributed by atoms with Crippen LogP contribution in [0.5, 0.6) is 0 Å². The van der Waals surface area contributed by atoms with Crippen molar-refractivity contribution in [1.29, 1.82) is 0 Å². The van der Waals surface area contributed by atoms with Crippen LogP contribution in [0.4, 0.5) is 0 Å². The number of rotatable bonds is 64. The van der Waals surface area contributed by atoms with Gasteiger partial charge in [0.05, 0.1) is 27.7 Å². The lowest BCUT2D eigenvalue weighted by molar-refractivity contribution is -0.870. The molecule has 88 heavy (non-hydrogen) atoms.